The van der Waals surface area contributed by atoms with Crippen LogP contribution in [0.2, 0.25) is 5.02 Å². The average Bonchev–Trinajstić information content (AvgIpc) is 3.82. The topological polar surface area (TPSA) is 83.9 Å². The van der Waals surface area contributed by atoms with Crippen molar-refractivity contribution in [2.75, 3.05) is 64.4 Å². The molecule has 41 heavy (non-hydrogen) atoms. The smallest absolute Gasteiger partial charge is 0.318 e. The highest BCUT2D eigenvalue weighted by Crippen LogP contribution is 2.48. The Morgan fingerprint density at radius 2 is 2.00 bits per heavy atom. The largest absolute Gasteiger partial charge is 0.467 e. The van der Waals surface area contributed by atoms with Crippen LogP contribution in [0.15, 0.2) is 36.5 Å². The molecule has 0 N–H and O–H groups in total. The summed E-state index contributed by atoms with van der Waals surface area (Å²) >= 11 is 6.52. The number of morpholine rings is 1. The summed E-state index contributed by atoms with van der Waals surface area (Å²) in [6.45, 7) is 7.37. The normalized spacial score (nSPS) is 20.2. The molecule has 3 fully saturated rings. The predicted octanol–water partition coefficient (Wildman–Crippen LogP) is 4.30. The molecule has 1 saturated carbocycles. The lowest BCUT2D eigenvalue weighted by atomic mass is 9.99. The van der Waals surface area contributed by atoms with Crippen molar-refractivity contribution in [3.05, 3.63) is 53.0 Å². The molecule has 0 spiro atoms. The van der Waals surface area contributed by atoms with Gasteiger partial charge < -0.3 is 19.3 Å². The predicted molar refractivity (Wildman–Crippen MR) is 156 cm³/mol. The zero-order valence-corrected chi connectivity index (χ0v) is 24.1. The quantitative estimate of drug-likeness (QED) is 0.383. The number of methoxy groups -OCH3 is 1. The number of ether oxygens (including phenoxy) is 2. The third-order valence-corrected chi connectivity index (χ3v) is 8.29. The lowest BCUT2D eigenvalue weighted by Gasteiger charge is -2.35. The van der Waals surface area contributed by atoms with Gasteiger partial charge >= 0.3 is 6.01 Å². The van der Waals surface area contributed by atoms with Crippen molar-refractivity contribution in [2.45, 2.75) is 31.8 Å². The van der Waals surface area contributed by atoms with Gasteiger partial charge in [-0.25, -0.2) is 4.39 Å². The van der Waals surface area contributed by atoms with Gasteiger partial charge in [0.25, 0.3) is 0 Å². The summed E-state index contributed by atoms with van der Waals surface area (Å²) in [6, 6.07) is 5.60. The van der Waals surface area contributed by atoms with E-state index in [-0.39, 0.29) is 29.2 Å². The maximum atomic E-state index is 16.1. The number of amides is 1. The molecule has 9 nitrogen and oxygen atoms in total. The van der Waals surface area contributed by atoms with Crippen molar-refractivity contribution in [3.63, 3.8) is 0 Å². The number of benzene rings is 1. The Balaban J connectivity index is 1.20. The van der Waals surface area contributed by atoms with E-state index < -0.39 is 5.82 Å². The standard InChI is InChI=1S/C30H34ClFN6O3/c1-19-18-36(15-16-41-19)10-4-7-24(39)37-11-13-38(14-12-37)29-22-17-33-27(26(32)28(22)34-30(35-29)40-2)21-5-3-6-23(31)25(21)20-8-9-20/h3-7,17,19-20H,8-16,18H2,1-2H3/b7-4+. The van der Waals surface area contributed by atoms with Crippen molar-refractivity contribution in [1.29, 1.82) is 0 Å². The molecule has 6 rings (SSSR count). The number of halogens is 2. The molecule has 1 amide bonds. The molecule has 3 aromatic rings. The summed E-state index contributed by atoms with van der Waals surface area (Å²) < 4.78 is 27.1. The van der Waals surface area contributed by atoms with Crippen molar-refractivity contribution < 1.29 is 18.7 Å². The van der Waals surface area contributed by atoms with Crippen LogP contribution in [0.3, 0.4) is 0 Å². The fourth-order valence-corrected chi connectivity index (χ4v) is 6.00. The number of carbonyl (C=O) groups is 1. The first-order chi connectivity index (χ1) is 19.9. The Hall–Kier alpha value is -3.34. The van der Waals surface area contributed by atoms with Crippen LogP contribution in [0.1, 0.15) is 31.2 Å². The molecule has 1 aromatic carbocycles. The number of carbonyl (C=O) groups excluding carboxylic acids is 1. The zero-order valence-electron chi connectivity index (χ0n) is 23.4. The molecule has 1 atom stereocenters. The van der Waals surface area contributed by atoms with E-state index in [2.05, 4.69) is 26.8 Å². The van der Waals surface area contributed by atoms with Gasteiger partial charge in [0.15, 0.2) is 5.82 Å². The summed E-state index contributed by atoms with van der Waals surface area (Å²) in [4.78, 5) is 32.5. The van der Waals surface area contributed by atoms with Crippen LogP contribution in [0.5, 0.6) is 6.01 Å². The molecule has 2 aromatic heterocycles. The second-order valence-corrected chi connectivity index (χ2v) is 11.3. The van der Waals surface area contributed by atoms with E-state index in [1.165, 1.54) is 7.11 Å². The molecule has 1 aliphatic carbocycles. The molecule has 0 radical (unpaired) electrons. The summed E-state index contributed by atoms with van der Waals surface area (Å²) in [6.07, 6.45) is 7.49. The monoisotopic (exact) mass is 580 g/mol. The number of aromatic nitrogens is 3. The van der Waals surface area contributed by atoms with Gasteiger partial charge in [-0.15, -0.1) is 0 Å². The molecular weight excluding hydrogens is 547 g/mol. The molecule has 2 aliphatic heterocycles. The van der Waals surface area contributed by atoms with Crippen LogP contribution in [0.25, 0.3) is 22.2 Å². The van der Waals surface area contributed by atoms with Gasteiger partial charge in [-0.05, 0) is 37.3 Å². The van der Waals surface area contributed by atoms with E-state index in [1.807, 2.05) is 34.1 Å². The van der Waals surface area contributed by atoms with Crippen LogP contribution in [-0.4, -0.2) is 96.3 Å². The van der Waals surface area contributed by atoms with Gasteiger partial charge in [-0.3, -0.25) is 14.7 Å². The number of nitrogens with zero attached hydrogens (tertiary/aromatic N) is 6. The van der Waals surface area contributed by atoms with Crippen molar-refractivity contribution in [2.24, 2.45) is 0 Å². The molecule has 3 aliphatic rings. The number of fused-ring (bicyclic) bond motifs is 1. The number of pyridine rings is 1. The fourth-order valence-electron chi connectivity index (χ4n) is 5.68. The Bertz CT molecular complexity index is 1470. The van der Waals surface area contributed by atoms with Crippen molar-refractivity contribution >= 4 is 34.2 Å². The fraction of sp³-hybridized carbons (Fsp3) is 0.467. The number of hydrogen-bond donors (Lipinski definition) is 0. The first-order valence-electron chi connectivity index (χ1n) is 14.2. The number of hydrogen-bond acceptors (Lipinski definition) is 8. The van der Waals surface area contributed by atoms with Crippen LogP contribution >= 0.6 is 11.6 Å². The summed E-state index contributed by atoms with van der Waals surface area (Å²) in [5.41, 5.74) is 2.01. The molecule has 11 heteroatoms. The van der Waals surface area contributed by atoms with Gasteiger partial charge in [0.2, 0.25) is 5.91 Å². The van der Waals surface area contributed by atoms with E-state index >= 15 is 4.39 Å². The molecule has 0 bridgehead atoms. The average molecular weight is 581 g/mol. The highest BCUT2D eigenvalue weighted by molar-refractivity contribution is 6.32. The SMILES string of the molecule is COc1nc(N2CCN(C(=O)/C=C/CN3CCOC(C)C3)CC2)c2cnc(-c3cccc(Cl)c3C3CC3)c(F)c2n1. The van der Waals surface area contributed by atoms with E-state index in [9.17, 15) is 4.79 Å². The second kappa shape index (κ2) is 11.9. The molecule has 2 saturated heterocycles. The van der Waals surface area contributed by atoms with Gasteiger partial charge in [-0.2, -0.15) is 9.97 Å². The highest BCUT2D eigenvalue weighted by atomic mass is 35.5. The molecular formula is C30H34ClFN6O3. The van der Waals surface area contributed by atoms with E-state index in [4.69, 9.17) is 21.1 Å². The van der Waals surface area contributed by atoms with Crippen molar-refractivity contribution in [1.82, 2.24) is 24.8 Å². The van der Waals surface area contributed by atoms with Crippen LogP contribution in [0, 0.1) is 5.82 Å². The van der Waals surface area contributed by atoms with Crippen LogP contribution in [-0.2, 0) is 9.53 Å². The highest BCUT2D eigenvalue weighted by Gasteiger charge is 2.31. The lowest BCUT2D eigenvalue weighted by molar-refractivity contribution is -0.126. The summed E-state index contributed by atoms with van der Waals surface area (Å²) in [7, 11) is 1.47. The van der Waals surface area contributed by atoms with Crippen molar-refractivity contribution in [3.8, 4) is 17.3 Å². The maximum Gasteiger partial charge on any atom is 0.318 e. The van der Waals surface area contributed by atoms with Crippen LogP contribution in [0.4, 0.5) is 10.2 Å². The number of rotatable bonds is 7. The van der Waals surface area contributed by atoms with Gasteiger partial charge in [-0.1, -0.05) is 29.8 Å². The Morgan fingerprint density at radius 1 is 1.20 bits per heavy atom. The van der Waals surface area contributed by atoms with E-state index in [0.717, 1.165) is 44.6 Å². The first kappa shape index (κ1) is 27.8. The van der Waals surface area contributed by atoms with Gasteiger partial charge in [0.1, 0.15) is 17.0 Å². The minimum Gasteiger partial charge on any atom is -0.467 e. The maximum absolute atomic E-state index is 16.1. The zero-order chi connectivity index (χ0) is 28.5. The number of anilines is 1. The molecule has 216 valence electrons. The van der Waals surface area contributed by atoms with Gasteiger partial charge in [0, 0.05) is 68.7 Å². The van der Waals surface area contributed by atoms with Crippen LogP contribution < -0.4 is 9.64 Å². The number of piperazine rings is 1. The molecule has 4 heterocycles. The van der Waals surface area contributed by atoms with E-state index in [1.54, 1.807) is 12.3 Å². The minimum atomic E-state index is -0.526. The Kier molecular flexibility index (Phi) is 8.05. The third-order valence-electron chi connectivity index (χ3n) is 7.96. The lowest BCUT2D eigenvalue weighted by Crippen LogP contribution is -2.48. The molecule has 1 unspecified atom stereocenters. The van der Waals surface area contributed by atoms with Gasteiger partial charge in [0.05, 0.1) is 25.2 Å². The Morgan fingerprint density at radius 3 is 2.73 bits per heavy atom. The third kappa shape index (κ3) is 5.86. The summed E-state index contributed by atoms with van der Waals surface area (Å²) in [5.74, 6) is 0.328. The Labute approximate surface area is 243 Å². The summed E-state index contributed by atoms with van der Waals surface area (Å²) in [5, 5.41) is 1.13. The first-order valence-corrected chi connectivity index (χ1v) is 14.5. The second-order valence-electron chi connectivity index (χ2n) is 10.8. The van der Waals surface area contributed by atoms with E-state index in [0.29, 0.717) is 53.9 Å². The minimum absolute atomic E-state index is 0.0126.